The smallest absolute Gasteiger partial charge is 0.169 e. The van der Waals surface area contributed by atoms with Gasteiger partial charge < -0.3 is 19.3 Å². The Labute approximate surface area is 114 Å². The van der Waals surface area contributed by atoms with E-state index in [0.29, 0.717) is 18.7 Å². The third-order valence-electron chi connectivity index (χ3n) is 2.70. The Morgan fingerprint density at radius 1 is 1.39 bits per heavy atom. The second kappa shape index (κ2) is 6.22. The van der Waals surface area contributed by atoms with E-state index in [2.05, 4.69) is 21.2 Å². The number of halogens is 1. The van der Waals surface area contributed by atoms with Gasteiger partial charge in [-0.2, -0.15) is 0 Å². The molecular weight excluding hydrogens is 298 g/mol. The fourth-order valence-corrected chi connectivity index (χ4v) is 2.08. The van der Waals surface area contributed by atoms with Crippen LogP contribution in [0, 0.1) is 0 Å². The molecule has 2 aromatic rings. The molecule has 0 spiro atoms. The third kappa shape index (κ3) is 3.73. The fourth-order valence-electron chi connectivity index (χ4n) is 1.74. The lowest BCUT2D eigenvalue weighted by atomic mass is 10.1. The summed E-state index contributed by atoms with van der Waals surface area (Å²) < 4.78 is 11.3. The minimum absolute atomic E-state index is 0.161. The molecule has 0 fully saturated rings. The molecule has 0 unspecified atom stereocenters. The van der Waals surface area contributed by atoms with Crippen LogP contribution in [0.5, 0.6) is 0 Å². The summed E-state index contributed by atoms with van der Waals surface area (Å²) >= 11 is 3.26. The molecule has 0 aliphatic heterocycles. The van der Waals surface area contributed by atoms with Crippen LogP contribution in [0.1, 0.15) is 31.0 Å². The largest absolute Gasteiger partial charge is 0.467 e. The minimum Gasteiger partial charge on any atom is -0.467 e. The van der Waals surface area contributed by atoms with E-state index < -0.39 is 6.10 Å². The van der Waals surface area contributed by atoms with Crippen molar-refractivity contribution in [1.29, 1.82) is 0 Å². The Morgan fingerprint density at radius 2 is 2.22 bits per heavy atom. The van der Waals surface area contributed by atoms with E-state index in [4.69, 9.17) is 8.83 Å². The van der Waals surface area contributed by atoms with Crippen LogP contribution in [0.25, 0.3) is 0 Å². The van der Waals surface area contributed by atoms with Crippen LogP contribution >= 0.6 is 15.9 Å². The number of rotatable bonds is 6. The standard InChI is InChI=1S/C13H16BrNO3/c1-9(7-11(16)12-3-2-6-17-12)15-8-10-4-5-13(14)18-10/h2-6,9,11,15-16H,7-8H2,1H3/t9-,11-/m0/s1. The fraction of sp³-hybridized carbons (Fsp3) is 0.385. The zero-order valence-corrected chi connectivity index (χ0v) is 11.7. The summed E-state index contributed by atoms with van der Waals surface area (Å²) in [7, 11) is 0. The third-order valence-corrected chi connectivity index (χ3v) is 3.13. The van der Waals surface area contributed by atoms with Gasteiger partial charge in [0.1, 0.15) is 17.6 Å². The normalized spacial score (nSPS) is 14.6. The lowest BCUT2D eigenvalue weighted by Crippen LogP contribution is -2.27. The maximum Gasteiger partial charge on any atom is 0.169 e. The van der Waals surface area contributed by atoms with Gasteiger partial charge >= 0.3 is 0 Å². The minimum atomic E-state index is -0.578. The average molecular weight is 314 g/mol. The van der Waals surface area contributed by atoms with E-state index >= 15 is 0 Å². The van der Waals surface area contributed by atoms with Gasteiger partial charge in [0.25, 0.3) is 0 Å². The Kier molecular flexibility index (Phi) is 4.63. The first-order chi connectivity index (χ1) is 8.65. The number of nitrogens with one attached hydrogen (secondary N) is 1. The summed E-state index contributed by atoms with van der Waals surface area (Å²) in [5.74, 6) is 1.46. The summed E-state index contributed by atoms with van der Waals surface area (Å²) in [4.78, 5) is 0. The summed E-state index contributed by atoms with van der Waals surface area (Å²) in [6.45, 7) is 2.65. The van der Waals surface area contributed by atoms with Gasteiger partial charge in [0, 0.05) is 6.04 Å². The highest BCUT2D eigenvalue weighted by molar-refractivity contribution is 9.10. The molecule has 2 atom stereocenters. The first kappa shape index (κ1) is 13.4. The topological polar surface area (TPSA) is 58.5 Å². The maximum atomic E-state index is 9.92. The molecule has 0 aromatic carbocycles. The van der Waals surface area contributed by atoms with E-state index in [1.54, 1.807) is 18.4 Å². The highest BCUT2D eigenvalue weighted by Gasteiger charge is 2.14. The Morgan fingerprint density at radius 3 is 2.83 bits per heavy atom. The van der Waals surface area contributed by atoms with Gasteiger partial charge in [-0.25, -0.2) is 0 Å². The van der Waals surface area contributed by atoms with Crippen molar-refractivity contribution < 1.29 is 13.9 Å². The number of furan rings is 2. The summed E-state index contributed by atoms with van der Waals surface area (Å²) in [5, 5.41) is 13.2. The van der Waals surface area contributed by atoms with Gasteiger partial charge in [-0.05, 0) is 53.5 Å². The first-order valence-corrected chi connectivity index (χ1v) is 6.63. The van der Waals surface area contributed by atoms with E-state index in [9.17, 15) is 5.11 Å². The lowest BCUT2D eigenvalue weighted by molar-refractivity contribution is 0.128. The SMILES string of the molecule is C[C@@H](C[C@H](O)c1ccco1)NCc1ccc(Br)o1. The molecule has 0 radical (unpaired) electrons. The summed E-state index contributed by atoms with van der Waals surface area (Å²) in [5.41, 5.74) is 0. The van der Waals surface area contributed by atoms with Crippen molar-refractivity contribution in [1.82, 2.24) is 5.32 Å². The van der Waals surface area contributed by atoms with Crippen molar-refractivity contribution in [3.05, 3.63) is 46.7 Å². The number of aliphatic hydroxyl groups is 1. The molecule has 0 bridgehead atoms. The van der Waals surface area contributed by atoms with Crippen LogP contribution in [0.2, 0.25) is 0 Å². The second-order valence-electron chi connectivity index (χ2n) is 4.25. The molecule has 2 rings (SSSR count). The molecular formula is C13H16BrNO3. The van der Waals surface area contributed by atoms with Gasteiger partial charge in [-0.3, -0.25) is 0 Å². The number of hydrogen-bond donors (Lipinski definition) is 2. The van der Waals surface area contributed by atoms with E-state index in [1.165, 1.54) is 0 Å². The highest BCUT2D eigenvalue weighted by atomic mass is 79.9. The zero-order valence-electron chi connectivity index (χ0n) is 10.1. The summed E-state index contributed by atoms with van der Waals surface area (Å²) in [6.07, 6.45) is 1.58. The van der Waals surface area contributed by atoms with Crippen LogP contribution in [0.15, 0.2) is 44.0 Å². The van der Waals surface area contributed by atoms with Gasteiger partial charge in [0.15, 0.2) is 4.67 Å². The van der Waals surface area contributed by atoms with Crippen LogP contribution in [0.3, 0.4) is 0 Å². The predicted molar refractivity (Wildman–Crippen MR) is 71.0 cm³/mol. The molecule has 2 N–H and O–H groups in total. The molecule has 0 aliphatic carbocycles. The Hall–Kier alpha value is -1.04. The predicted octanol–water partition coefficient (Wildman–Crippen LogP) is 3.24. The molecule has 0 saturated carbocycles. The van der Waals surface area contributed by atoms with Gasteiger partial charge in [-0.1, -0.05) is 0 Å². The Bertz CT molecular complexity index is 466. The van der Waals surface area contributed by atoms with Crippen molar-refractivity contribution in [2.45, 2.75) is 32.0 Å². The summed E-state index contributed by atoms with van der Waals surface area (Å²) in [6, 6.07) is 7.48. The monoisotopic (exact) mass is 313 g/mol. The van der Waals surface area contributed by atoms with Gasteiger partial charge in [0.05, 0.1) is 12.8 Å². The van der Waals surface area contributed by atoms with Crippen LogP contribution < -0.4 is 5.32 Å². The van der Waals surface area contributed by atoms with Crippen molar-refractivity contribution in [3.8, 4) is 0 Å². The molecule has 0 amide bonds. The van der Waals surface area contributed by atoms with Crippen molar-refractivity contribution in [3.63, 3.8) is 0 Å². The van der Waals surface area contributed by atoms with E-state index in [-0.39, 0.29) is 6.04 Å². The Balaban J connectivity index is 1.76. The number of aliphatic hydroxyl groups excluding tert-OH is 1. The average Bonchev–Trinajstić information content (AvgIpc) is 2.97. The van der Waals surface area contributed by atoms with Crippen LogP contribution in [-0.4, -0.2) is 11.1 Å². The second-order valence-corrected chi connectivity index (χ2v) is 5.04. The molecule has 18 heavy (non-hydrogen) atoms. The molecule has 0 aliphatic rings. The maximum absolute atomic E-state index is 9.92. The molecule has 2 aromatic heterocycles. The molecule has 98 valence electrons. The van der Waals surface area contributed by atoms with Gasteiger partial charge in [-0.15, -0.1) is 0 Å². The molecule has 5 heteroatoms. The van der Waals surface area contributed by atoms with Gasteiger partial charge in [0.2, 0.25) is 0 Å². The van der Waals surface area contributed by atoms with Crippen molar-refractivity contribution in [2.24, 2.45) is 0 Å². The van der Waals surface area contributed by atoms with Crippen LogP contribution in [0.4, 0.5) is 0 Å². The quantitative estimate of drug-likeness (QED) is 0.859. The lowest BCUT2D eigenvalue weighted by Gasteiger charge is -2.15. The van der Waals surface area contributed by atoms with E-state index in [0.717, 1.165) is 10.4 Å². The zero-order chi connectivity index (χ0) is 13.0. The van der Waals surface area contributed by atoms with Crippen molar-refractivity contribution in [2.75, 3.05) is 0 Å². The van der Waals surface area contributed by atoms with Crippen molar-refractivity contribution >= 4 is 15.9 Å². The first-order valence-electron chi connectivity index (χ1n) is 5.84. The van der Waals surface area contributed by atoms with E-state index in [1.807, 2.05) is 19.1 Å². The van der Waals surface area contributed by atoms with Crippen LogP contribution in [-0.2, 0) is 6.54 Å². The number of hydrogen-bond acceptors (Lipinski definition) is 4. The molecule has 2 heterocycles. The molecule has 4 nitrogen and oxygen atoms in total. The molecule has 0 saturated heterocycles. The highest BCUT2D eigenvalue weighted by Crippen LogP contribution is 2.19.